The van der Waals surface area contributed by atoms with Crippen LogP contribution in [-0.4, -0.2) is 279 Å². The van der Waals surface area contributed by atoms with E-state index in [9.17, 15) is 30.6 Å². The van der Waals surface area contributed by atoms with Gasteiger partial charge in [-0.05, 0) is 0 Å². The van der Waals surface area contributed by atoms with Crippen molar-refractivity contribution in [2.75, 3.05) is 19.8 Å². The van der Waals surface area contributed by atoms with Gasteiger partial charge < -0.3 is 57.9 Å². The van der Waals surface area contributed by atoms with Crippen molar-refractivity contribution < 1.29 is 198 Å². The summed E-state index contributed by atoms with van der Waals surface area (Å²) in [6.07, 6.45) is -12.7. The zero-order chi connectivity index (χ0) is 53.4. The monoisotopic (exact) mass is 1150 g/mol. The fraction of sp³-hybridized carbons (Fsp3) is 1.00. The van der Waals surface area contributed by atoms with Gasteiger partial charge in [-0.25, -0.2) is 0 Å². The minimum Gasteiger partial charge on any atom is -1.00 e. The molecule has 0 aromatic heterocycles. The molecule has 2 saturated heterocycles. The van der Waals surface area contributed by atoms with Crippen LogP contribution in [0.2, 0.25) is 0 Å². The number of aliphatic hydroxyl groups excluding tert-OH is 8. The van der Waals surface area contributed by atoms with Crippen LogP contribution in [0.5, 0.6) is 0 Å². The fourth-order valence-corrected chi connectivity index (χ4v) is 2.63. The Labute approximate surface area is 377 Å². The first kappa shape index (κ1) is 80.3. The van der Waals surface area contributed by atoms with E-state index < -0.39 is 158 Å². The molecule has 64 heavy (non-hydrogen) atoms. The van der Waals surface area contributed by atoms with Gasteiger partial charge in [0.1, 0.15) is 49.3 Å². The number of rotatable bonds is 5. The SMILES string of the molecule is O=S(=O)(O)O.O=S(=O)(O)O.O=S(=O)(O)O.O=S(=O)(O)O.O=S(=O)(O)O.O=S(=O)(O)O.O=S(=O)(O)O.O=S(=O)(O)O.OC[C@H]1O[C@@](CO)(O[C@H]2O[C@H](CO)[C@@H](O)[C@H](O)[C@H]2O)[C@@H](O)[C@@H]1O.[H-].[H-].[Mg+2]. The van der Waals surface area contributed by atoms with Gasteiger partial charge in [0, 0.05) is 0 Å². The summed E-state index contributed by atoms with van der Waals surface area (Å²) in [5.74, 6) is -2.22. The predicted molar refractivity (Wildman–Crippen MR) is 190 cm³/mol. The van der Waals surface area contributed by atoms with Crippen molar-refractivity contribution in [1.82, 2.24) is 0 Å². The zero-order valence-corrected chi connectivity index (χ0v) is 37.6. The average molecular weight is 1150 g/mol. The second kappa shape index (κ2) is 33.7. The maximum Gasteiger partial charge on any atom is 2.00 e. The standard InChI is InChI=1S/C12H22O11.Mg.8H2O4S.2H/c13-1-4-6(16)8(18)9(19)11(21-4)23-12(3-15)10(20)7(17)5(2-14)22-12;;8*1-5(2,3)4;;/h4-11,13-20H,1-3H2;;8*(H2,1,2,3,4);;/q;+2;;;;;;;;;2*-1/t4-,5-,6-,7-,8+,9-,10+,11-,12+;;;;;;;;;;;/m1.........../s1. The third-order valence-electron chi connectivity index (χ3n) is 4.07. The van der Waals surface area contributed by atoms with E-state index in [1.807, 2.05) is 0 Å². The minimum atomic E-state index is -4.67. The van der Waals surface area contributed by atoms with Crippen LogP contribution in [0.4, 0.5) is 0 Å². The van der Waals surface area contributed by atoms with Crippen LogP contribution in [0, 0.1) is 0 Å². The average Bonchev–Trinajstić information content (AvgIpc) is 3.15. The Hall–Kier alpha value is -0.714. The van der Waals surface area contributed by atoms with E-state index in [1.54, 1.807) is 0 Å². The zero-order valence-electron chi connectivity index (χ0n) is 31.7. The van der Waals surface area contributed by atoms with Gasteiger partial charge in [-0.3, -0.25) is 72.8 Å². The molecule has 9 atom stereocenters. The molecule has 0 aromatic rings. The predicted octanol–water partition coefficient (Wildman–Crippen LogP) is -10.8. The van der Waals surface area contributed by atoms with Crippen molar-refractivity contribution in [1.29, 1.82) is 0 Å². The first-order chi connectivity index (χ1) is 26.8. The van der Waals surface area contributed by atoms with Crippen LogP contribution in [0.1, 0.15) is 2.85 Å². The van der Waals surface area contributed by atoms with E-state index in [0.29, 0.717) is 0 Å². The molecule has 2 rings (SSSR count). The molecule has 0 bridgehead atoms. The minimum absolute atomic E-state index is 0. The van der Waals surface area contributed by atoms with E-state index in [-0.39, 0.29) is 25.9 Å². The molecule has 2 aliphatic heterocycles. The number of hydrogen-bond acceptors (Lipinski definition) is 27. The van der Waals surface area contributed by atoms with Crippen molar-refractivity contribution in [3.05, 3.63) is 0 Å². The van der Waals surface area contributed by atoms with Gasteiger partial charge in [-0.15, -0.1) is 0 Å². The van der Waals surface area contributed by atoms with Gasteiger partial charge >= 0.3 is 106 Å². The summed E-state index contributed by atoms with van der Waals surface area (Å²) < 4.78 is 268. The molecule has 2 heterocycles. The third-order valence-corrected chi connectivity index (χ3v) is 4.07. The quantitative estimate of drug-likeness (QED) is 0.0898. The summed E-state index contributed by atoms with van der Waals surface area (Å²) >= 11 is 0. The van der Waals surface area contributed by atoms with Crippen LogP contribution in [0.15, 0.2) is 0 Å². The molecular formula is C12H40MgO43S8. The molecule has 2 aliphatic rings. The van der Waals surface area contributed by atoms with Crippen LogP contribution in [0.25, 0.3) is 0 Å². The van der Waals surface area contributed by atoms with Gasteiger partial charge in [0.25, 0.3) is 0 Å². The molecule has 396 valence electrons. The first-order valence-corrected chi connectivity index (χ1v) is 23.8. The Balaban J connectivity index is -0.0000000758. The molecule has 2 fully saturated rings. The second-order valence-electron chi connectivity index (χ2n) is 9.14. The Morgan fingerprint density at radius 2 is 0.609 bits per heavy atom. The van der Waals surface area contributed by atoms with Crippen molar-refractivity contribution in [3.8, 4) is 0 Å². The summed E-state index contributed by atoms with van der Waals surface area (Å²) in [5.41, 5.74) is 0. The summed E-state index contributed by atoms with van der Waals surface area (Å²) in [4.78, 5) is 0. The van der Waals surface area contributed by atoms with E-state index in [4.69, 9.17) is 165 Å². The fourth-order valence-electron chi connectivity index (χ4n) is 2.63. The van der Waals surface area contributed by atoms with Gasteiger partial charge in [0.05, 0.1) is 13.2 Å². The van der Waals surface area contributed by atoms with E-state index in [0.717, 1.165) is 0 Å². The van der Waals surface area contributed by atoms with Gasteiger partial charge in [0.2, 0.25) is 5.79 Å². The summed E-state index contributed by atoms with van der Waals surface area (Å²) in [7, 11) is -37.3. The molecule has 0 aromatic carbocycles. The second-order valence-corrected chi connectivity index (χ2v) is 16.3. The molecular weight excluding hydrogens is 1110 g/mol. The first-order valence-electron chi connectivity index (χ1n) is 12.6. The van der Waals surface area contributed by atoms with E-state index in [1.165, 1.54) is 0 Å². The molecule has 0 spiro atoms. The number of aliphatic hydroxyl groups is 8. The maximum absolute atomic E-state index is 10.00. The summed E-state index contributed by atoms with van der Waals surface area (Å²) in [6.45, 7) is -2.32. The van der Waals surface area contributed by atoms with Crippen LogP contribution >= 0.6 is 0 Å². The summed E-state index contributed by atoms with van der Waals surface area (Å²) in [5, 5.41) is 76.7. The van der Waals surface area contributed by atoms with Crippen molar-refractivity contribution >= 4 is 106 Å². The van der Waals surface area contributed by atoms with Crippen LogP contribution in [0.3, 0.4) is 0 Å². The molecule has 43 nitrogen and oxygen atoms in total. The topological polar surface area (TPSA) is 786 Å². The van der Waals surface area contributed by atoms with Gasteiger partial charge in [0.15, 0.2) is 6.29 Å². The smallest absolute Gasteiger partial charge is 1.00 e. The molecule has 52 heteroatoms. The van der Waals surface area contributed by atoms with Gasteiger partial charge in [-0.1, -0.05) is 0 Å². The molecule has 0 saturated carbocycles. The molecule has 0 radical (unpaired) electrons. The largest absolute Gasteiger partial charge is 2.00 e. The van der Waals surface area contributed by atoms with Gasteiger partial charge in [-0.2, -0.15) is 67.3 Å². The Morgan fingerprint density at radius 1 is 0.391 bits per heavy atom. The number of ether oxygens (including phenoxy) is 3. The maximum atomic E-state index is 10.00. The van der Waals surface area contributed by atoms with E-state index >= 15 is 0 Å². The Morgan fingerprint density at radius 3 is 0.781 bits per heavy atom. The third kappa shape index (κ3) is 88.1. The number of hydrogen-bond donors (Lipinski definition) is 24. The van der Waals surface area contributed by atoms with Crippen molar-refractivity contribution in [3.63, 3.8) is 0 Å². The molecule has 0 amide bonds. The Kier molecular flexibility index (Phi) is 42.3. The Bertz CT molecular complexity index is 1740. The molecule has 0 aliphatic carbocycles. The molecule has 24 N–H and O–H groups in total. The summed E-state index contributed by atoms with van der Waals surface area (Å²) in [6, 6.07) is 0. The van der Waals surface area contributed by atoms with Crippen molar-refractivity contribution in [2.45, 2.75) is 54.8 Å². The van der Waals surface area contributed by atoms with Crippen LogP contribution in [-0.2, 0) is 97.4 Å². The molecule has 0 unspecified atom stereocenters. The van der Waals surface area contributed by atoms with E-state index in [2.05, 4.69) is 0 Å². The van der Waals surface area contributed by atoms with Crippen LogP contribution < -0.4 is 0 Å². The van der Waals surface area contributed by atoms with Crippen molar-refractivity contribution in [2.24, 2.45) is 0 Å². The normalized spacial score (nSPS) is 25.6.